The number of nitrogens with zero attached hydrogens (tertiary/aromatic N) is 3. The molecule has 1 aliphatic rings. The van der Waals surface area contributed by atoms with Crippen molar-refractivity contribution in [3.05, 3.63) is 95.8 Å². The van der Waals surface area contributed by atoms with E-state index in [1.807, 2.05) is 55.7 Å². The normalized spacial score (nSPS) is 13.3. The van der Waals surface area contributed by atoms with Crippen LogP contribution in [-0.2, 0) is 73.2 Å². The summed E-state index contributed by atoms with van der Waals surface area (Å²) in [5.41, 5.74) is 7.61. The van der Waals surface area contributed by atoms with Crippen LogP contribution in [0.5, 0.6) is 0 Å². The Morgan fingerprint density at radius 3 is 1.77 bits per heavy atom. The average molecular weight is 1130 g/mol. The highest BCUT2D eigenvalue weighted by atomic mass is 32.2. The topological polar surface area (TPSA) is 258 Å². The van der Waals surface area contributed by atoms with Gasteiger partial charge in [0, 0.05) is 67.0 Å². The first-order chi connectivity index (χ1) is 38.1. The van der Waals surface area contributed by atoms with Crippen molar-refractivity contribution in [1.29, 1.82) is 0 Å². The molecule has 1 aliphatic heterocycles. The predicted octanol–water partition coefficient (Wildman–Crippen LogP) is 3.61. The van der Waals surface area contributed by atoms with Crippen molar-refractivity contribution in [2.45, 2.75) is 52.2 Å². The van der Waals surface area contributed by atoms with Crippen LogP contribution >= 0.6 is 11.8 Å². The number of thioether (sulfide) groups is 1. The second kappa shape index (κ2) is 37.3. The Hall–Kier alpha value is -5.67. The summed E-state index contributed by atoms with van der Waals surface area (Å²) < 4.78 is 75.3. The molecule has 0 aliphatic carbocycles. The molecule has 0 radical (unpaired) electrons. The third kappa shape index (κ3) is 25.6. The maximum absolute atomic E-state index is 15.2. The van der Waals surface area contributed by atoms with Gasteiger partial charge in [-0.1, -0.05) is 51.1 Å². The summed E-state index contributed by atoms with van der Waals surface area (Å²) in [5.74, 6) is -4.85. The number of carbonyl (C=O) groups excluding carboxylic acids is 5. The number of amides is 5. The van der Waals surface area contributed by atoms with Gasteiger partial charge in [0.05, 0.1) is 118 Å². The molecule has 79 heavy (non-hydrogen) atoms. The number of ether oxygens (including phenoxy) is 8. The molecule has 21 nitrogen and oxygen atoms in total. The van der Waals surface area contributed by atoms with Crippen molar-refractivity contribution < 1.29 is 80.5 Å². The van der Waals surface area contributed by atoms with E-state index in [0.717, 1.165) is 52.6 Å². The minimum atomic E-state index is -1.27. The third-order valence-corrected chi connectivity index (χ3v) is 12.7. The Kier molecular flexibility index (Phi) is 31.1. The van der Waals surface area contributed by atoms with E-state index in [1.54, 1.807) is 17.2 Å². The molecule has 3 aromatic rings. The Morgan fingerprint density at radius 2 is 1.25 bits per heavy atom. The molecule has 4 rings (SSSR count). The maximum Gasteiger partial charge on any atom is 0.327 e. The summed E-state index contributed by atoms with van der Waals surface area (Å²) in [6.45, 7) is 12.1. The molecule has 438 valence electrons. The van der Waals surface area contributed by atoms with E-state index in [2.05, 4.69) is 10.6 Å². The fourth-order valence-electron chi connectivity index (χ4n) is 7.91. The number of carboxylic acid groups (broad SMARTS) is 1. The van der Waals surface area contributed by atoms with Crippen LogP contribution in [0.15, 0.2) is 72.9 Å². The average Bonchev–Trinajstić information content (AvgIpc) is 4.21. The summed E-state index contributed by atoms with van der Waals surface area (Å²) in [6.07, 6.45) is 4.41. The maximum atomic E-state index is 15.2. The first-order valence-electron chi connectivity index (χ1n) is 26.3. The van der Waals surface area contributed by atoms with Gasteiger partial charge in [-0.2, -0.15) is 0 Å². The quantitative estimate of drug-likeness (QED) is 0.0466. The van der Waals surface area contributed by atoms with Crippen LogP contribution in [0.4, 0.5) is 8.78 Å². The number of hydrogen-bond donors (Lipinski definition) is 4. The molecule has 0 fully saturated rings. The lowest BCUT2D eigenvalue weighted by Gasteiger charge is -2.41. The van der Waals surface area contributed by atoms with Crippen molar-refractivity contribution >= 4 is 47.3 Å². The molecule has 1 aromatic heterocycles. The van der Waals surface area contributed by atoms with Crippen LogP contribution in [0.1, 0.15) is 50.9 Å². The molecule has 2 aromatic carbocycles. The van der Waals surface area contributed by atoms with Gasteiger partial charge in [-0.25, -0.2) is 13.6 Å². The van der Waals surface area contributed by atoms with Crippen molar-refractivity contribution in [3.63, 3.8) is 0 Å². The number of aromatic nitrogens is 1. The van der Waals surface area contributed by atoms with E-state index in [-0.39, 0.29) is 75.5 Å². The number of carboxylic acids is 1. The molecule has 0 saturated carbocycles. The zero-order valence-corrected chi connectivity index (χ0v) is 46.3. The number of hydrogen-bond acceptors (Lipinski definition) is 16. The van der Waals surface area contributed by atoms with Crippen LogP contribution in [0.2, 0.25) is 0 Å². The molecule has 5 amide bonds. The smallest absolute Gasteiger partial charge is 0.327 e. The first kappa shape index (κ1) is 65.8. The highest BCUT2D eigenvalue weighted by Crippen LogP contribution is 2.41. The number of aliphatic carboxylic acids is 1. The first-order valence-corrected chi connectivity index (χ1v) is 27.5. The number of nitrogens with two attached hydrogens (primary N) is 1. The van der Waals surface area contributed by atoms with E-state index >= 15 is 4.39 Å². The van der Waals surface area contributed by atoms with Crippen molar-refractivity contribution in [2.75, 3.05) is 143 Å². The van der Waals surface area contributed by atoms with Gasteiger partial charge in [-0.05, 0) is 48.2 Å². The number of benzene rings is 2. The zero-order chi connectivity index (χ0) is 57.3. The van der Waals surface area contributed by atoms with E-state index in [0.29, 0.717) is 110 Å². The molecular formula is C55H78F2N6O15S. The summed E-state index contributed by atoms with van der Waals surface area (Å²) in [7, 11) is 0. The molecule has 0 bridgehead atoms. The summed E-state index contributed by atoms with van der Waals surface area (Å²) >= 11 is 1.08. The SMILES string of the molecule is CC(C)(C)[C@H](c1cc(-c2cc(F)ccc2F)cn1Cc1ccccc1)N(CCCN)C(=O)CSC[C@H](NC(=O)CCOCCOCCOCCOCCOCCOCCOCCOCCNC(=O)CN1C(=O)C=CC1=O)C(=O)O. The van der Waals surface area contributed by atoms with Gasteiger partial charge < -0.3 is 68.8 Å². The summed E-state index contributed by atoms with van der Waals surface area (Å²) in [5, 5.41) is 15.1. The second-order valence-corrected chi connectivity index (χ2v) is 20.0. The van der Waals surface area contributed by atoms with E-state index in [1.165, 1.54) is 0 Å². The minimum Gasteiger partial charge on any atom is -0.480 e. The number of imide groups is 1. The zero-order valence-electron chi connectivity index (χ0n) is 45.5. The second-order valence-electron chi connectivity index (χ2n) is 19.0. The van der Waals surface area contributed by atoms with Crippen molar-refractivity contribution in [2.24, 2.45) is 11.1 Å². The lowest BCUT2D eigenvalue weighted by molar-refractivity contribution is -0.141. The van der Waals surface area contributed by atoms with Crippen LogP contribution in [0.25, 0.3) is 11.1 Å². The van der Waals surface area contributed by atoms with Crippen LogP contribution in [0, 0.1) is 17.0 Å². The Morgan fingerprint density at radius 1 is 0.722 bits per heavy atom. The standard InChI is InChI=1S/C55H78F2N6O15S/c1-55(2,3)53(47-34-42(44-35-43(56)10-11-45(44)57)37-61(47)36-41-8-5-4-6-9-41)62(17-7-15-58)52(68)40-79-39-46(54(69)70)60-48(64)14-18-71-20-22-73-24-26-75-28-30-77-32-33-78-31-29-76-27-25-74-23-21-72-19-16-59-49(65)38-63-50(66)12-13-51(63)67/h4-6,8-13,34-35,37,46,53H,7,14-33,36,38-40,58H2,1-3H3,(H,59,65)(H,60,64)(H,69,70)/t46-,53-/m0/s1. The molecule has 5 N–H and O–H groups in total. The number of halogens is 2. The lowest BCUT2D eigenvalue weighted by atomic mass is 9.83. The molecular weight excluding hydrogens is 1050 g/mol. The summed E-state index contributed by atoms with van der Waals surface area (Å²) in [4.78, 5) is 76.6. The van der Waals surface area contributed by atoms with E-state index in [4.69, 9.17) is 43.6 Å². The molecule has 0 unspecified atom stereocenters. The van der Waals surface area contributed by atoms with Gasteiger partial charge in [0.15, 0.2) is 0 Å². The summed E-state index contributed by atoms with van der Waals surface area (Å²) in [6, 6.07) is 12.9. The fraction of sp³-hybridized carbons (Fsp3) is 0.564. The van der Waals surface area contributed by atoms with Crippen LogP contribution in [-0.4, -0.2) is 204 Å². The van der Waals surface area contributed by atoms with Crippen molar-refractivity contribution in [3.8, 4) is 11.1 Å². The monoisotopic (exact) mass is 1130 g/mol. The highest BCUT2D eigenvalue weighted by Gasteiger charge is 2.37. The van der Waals surface area contributed by atoms with Gasteiger partial charge in [-0.3, -0.25) is 28.9 Å². The number of carbonyl (C=O) groups is 6. The fourth-order valence-corrected chi connectivity index (χ4v) is 8.83. The number of rotatable bonds is 43. The molecule has 0 saturated heterocycles. The van der Waals surface area contributed by atoms with Gasteiger partial charge in [-0.15, -0.1) is 11.8 Å². The van der Waals surface area contributed by atoms with Gasteiger partial charge in [0.2, 0.25) is 17.7 Å². The highest BCUT2D eigenvalue weighted by molar-refractivity contribution is 8.00. The van der Waals surface area contributed by atoms with E-state index < -0.39 is 58.7 Å². The predicted molar refractivity (Wildman–Crippen MR) is 290 cm³/mol. The molecule has 2 atom stereocenters. The Labute approximate surface area is 465 Å². The van der Waals surface area contributed by atoms with Gasteiger partial charge >= 0.3 is 5.97 Å². The molecule has 0 spiro atoms. The van der Waals surface area contributed by atoms with Gasteiger partial charge in [0.1, 0.15) is 24.2 Å². The minimum absolute atomic E-state index is 0.0401. The van der Waals surface area contributed by atoms with Crippen LogP contribution < -0.4 is 16.4 Å². The van der Waals surface area contributed by atoms with E-state index in [9.17, 15) is 38.3 Å². The van der Waals surface area contributed by atoms with Crippen molar-refractivity contribution in [1.82, 2.24) is 25.0 Å². The molecule has 24 heteroatoms. The third-order valence-electron chi connectivity index (χ3n) is 11.7. The molecule has 2 heterocycles. The lowest BCUT2D eigenvalue weighted by Crippen LogP contribution is -2.45. The number of nitrogens with one attached hydrogen (secondary N) is 2. The van der Waals surface area contributed by atoms with Gasteiger partial charge in [0.25, 0.3) is 11.8 Å². The Bertz CT molecular complexity index is 2340. The largest absolute Gasteiger partial charge is 0.480 e. The Balaban J connectivity index is 1.01. The van der Waals surface area contributed by atoms with Crippen LogP contribution in [0.3, 0.4) is 0 Å².